The minimum atomic E-state index is -2.57. The van der Waals surface area contributed by atoms with Gasteiger partial charge in [0.1, 0.15) is 0 Å². The second-order valence-electron chi connectivity index (χ2n) is 8.87. The number of ether oxygens (including phenoxy) is 1. The van der Waals surface area contributed by atoms with Crippen LogP contribution in [0.15, 0.2) is 72.8 Å². The average Bonchev–Trinajstić information content (AvgIpc) is 2.74. The summed E-state index contributed by atoms with van der Waals surface area (Å²) in [6, 6.07) is 21.2. The van der Waals surface area contributed by atoms with E-state index < -0.39 is 13.7 Å². The molecule has 0 aliphatic heterocycles. The molecule has 2 rings (SSSR count). The van der Waals surface area contributed by atoms with Gasteiger partial charge in [-0.05, 0) is 35.7 Å². The van der Waals surface area contributed by atoms with Crippen LogP contribution in [0.1, 0.15) is 48.0 Å². The van der Waals surface area contributed by atoms with Gasteiger partial charge in [-0.1, -0.05) is 101 Å². The van der Waals surface area contributed by atoms with E-state index in [4.69, 9.17) is 9.16 Å². The monoisotopic (exact) mass is 424 g/mol. The Morgan fingerprint density at radius 1 is 0.900 bits per heavy atom. The van der Waals surface area contributed by atoms with Crippen LogP contribution in [0.5, 0.6) is 0 Å². The number of carbonyl (C=O) groups is 1. The molecule has 4 heteroatoms. The largest absolute Gasteiger partial charge is 0.465 e. The zero-order valence-corrected chi connectivity index (χ0v) is 20.3. The first-order chi connectivity index (χ1) is 14.2. The van der Waals surface area contributed by atoms with E-state index in [0.717, 1.165) is 0 Å². The van der Waals surface area contributed by atoms with Gasteiger partial charge in [0.25, 0.3) is 8.32 Å². The number of esters is 1. The Morgan fingerprint density at radius 2 is 1.40 bits per heavy atom. The third-order valence-corrected chi connectivity index (χ3v) is 10.8. The van der Waals surface area contributed by atoms with Crippen LogP contribution in [0.3, 0.4) is 0 Å². The molecule has 0 aliphatic carbocycles. The molecule has 0 radical (unpaired) electrons. The van der Waals surface area contributed by atoms with E-state index in [0.29, 0.717) is 19.6 Å². The highest BCUT2D eigenvalue weighted by Gasteiger charge is 2.49. The van der Waals surface area contributed by atoms with Gasteiger partial charge in [-0.15, -0.1) is 0 Å². The predicted octanol–water partition coefficient (Wildman–Crippen LogP) is 5.10. The number of carbonyl (C=O) groups excluding carboxylic acids is 1. The lowest BCUT2D eigenvalue weighted by molar-refractivity contribution is -0.151. The van der Waals surface area contributed by atoms with Crippen molar-refractivity contribution < 1.29 is 14.0 Å². The Morgan fingerprint density at radius 3 is 1.80 bits per heavy atom. The number of hydrogen-bond acceptors (Lipinski definition) is 3. The molecule has 0 saturated carbocycles. The molecule has 0 spiro atoms. The van der Waals surface area contributed by atoms with Crippen LogP contribution in [-0.4, -0.2) is 27.5 Å². The van der Waals surface area contributed by atoms with Crippen molar-refractivity contribution in [2.45, 2.75) is 53.0 Å². The van der Waals surface area contributed by atoms with Gasteiger partial charge in [0.05, 0.1) is 18.6 Å². The first kappa shape index (κ1) is 24.1. The molecular formula is C26H36O3Si. The second kappa shape index (κ2) is 10.2. The molecule has 0 N–H and O–H groups in total. The lowest BCUT2D eigenvalue weighted by atomic mass is 9.87. The number of hydrogen-bond donors (Lipinski definition) is 0. The van der Waals surface area contributed by atoms with Crippen LogP contribution in [-0.2, 0) is 14.0 Å². The van der Waals surface area contributed by atoms with Crippen molar-refractivity contribution in [1.82, 2.24) is 0 Å². The van der Waals surface area contributed by atoms with E-state index in [2.05, 4.69) is 69.3 Å². The topological polar surface area (TPSA) is 35.5 Å². The third-order valence-electron chi connectivity index (χ3n) is 5.77. The Balaban J connectivity index is 2.41. The molecule has 2 aromatic rings. The molecule has 0 aliphatic rings. The summed E-state index contributed by atoms with van der Waals surface area (Å²) >= 11 is 0. The maximum absolute atomic E-state index is 12.4. The fourth-order valence-corrected chi connectivity index (χ4v) is 8.37. The molecule has 30 heavy (non-hydrogen) atoms. The molecule has 0 fully saturated rings. The summed E-state index contributed by atoms with van der Waals surface area (Å²) in [5.41, 5.74) is -0.634. The molecule has 0 heterocycles. The highest BCUT2D eigenvalue weighted by molar-refractivity contribution is 6.99. The summed E-state index contributed by atoms with van der Waals surface area (Å²) in [6.07, 6.45) is 4.62. The van der Waals surface area contributed by atoms with E-state index in [1.54, 1.807) is 0 Å². The van der Waals surface area contributed by atoms with Crippen molar-refractivity contribution in [3.63, 3.8) is 0 Å². The maximum Gasteiger partial charge on any atom is 0.315 e. The molecule has 0 amide bonds. The smallest absolute Gasteiger partial charge is 0.315 e. The fraction of sp³-hybridized carbons (Fsp3) is 0.423. The van der Waals surface area contributed by atoms with Gasteiger partial charge >= 0.3 is 5.97 Å². The van der Waals surface area contributed by atoms with Gasteiger partial charge in [-0.3, -0.25) is 4.79 Å². The highest BCUT2D eigenvalue weighted by Crippen LogP contribution is 2.36. The van der Waals surface area contributed by atoms with E-state index in [1.165, 1.54) is 10.4 Å². The van der Waals surface area contributed by atoms with Crippen molar-refractivity contribution >= 4 is 24.7 Å². The van der Waals surface area contributed by atoms with Crippen molar-refractivity contribution in [2.24, 2.45) is 5.41 Å². The standard InChI is InChI=1S/C26H36O3Si/c1-7-26(6,24(27)28-8-2)20-15-21-29-30(25(3,4)5,22-16-11-9-12-17-22)23-18-13-10-14-19-23/h9-20H,7-8,21H2,1-6H3/b20-15+/t26-/m1/s1. The Bertz CT molecular complexity index is 785. The molecule has 162 valence electrons. The van der Waals surface area contributed by atoms with E-state index in [9.17, 15) is 4.79 Å². The first-order valence-electron chi connectivity index (χ1n) is 10.8. The van der Waals surface area contributed by atoms with E-state index in [1.807, 2.05) is 45.1 Å². The Labute approximate surface area is 183 Å². The summed E-state index contributed by atoms with van der Waals surface area (Å²) in [4.78, 5) is 12.4. The number of rotatable bonds is 9. The molecule has 3 nitrogen and oxygen atoms in total. The fourth-order valence-electron chi connectivity index (χ4n) is 3.87. The van der Waals surface area contributed by atoms with Gasteiger partial charge < -0.3 is 9.16 Å². The third kappa shape index (κ3) is 5.11. The molecule has 1 atom stereocenters. The minimum Gasteiger partial charge on any atom is -0.465 e. The van der Waals surface area contributed by atoms with Crippen LogP contribution in [0, 0.1) is 5.41 Å². The molecule has 0 bridgehead atoms. The molecule has 0 aromatic heterocycles. The van der Waals surface area contributed by atoms with Crippen molar-refractivity contribution in [2.75, 3.05) is 13.2 Å². The van der Waals surface area contributed by atoms with Gasteiger partial charge in [-0.25, -0.2) is 0 Å². The summed E-state index contributed by atoms with van der Waals surface area (Å²) in [7, 11) is -2.57. The molecule has 0 saturated heterocycles. The first-order valence-corrected chi connectivity index (χ1v) is 12.7. The van der Waals surface area contributed by atoms with Crippen LogP contribution in [0.4, 0.5) is 0 Å². The van der Waals surface area contributed by atoms with Crippen molar-refractivity contribution in [1.29, 1.82) is 0 Å². The van der Waals surface area contributed by atoms with Gasteiger partial charge in [0.2, 0.25) is 0 Å². The van der Waals surface area contributed by atoms with Crippen LogP contribution >= 0.6 is 0 Å². The summed E-state index contributed by atoms with van der Waals surface area (Å²) in [5, 5.41) is 2.43. The van der Waals surface area contributed by atoms with Gasteiger partial charge in [0.15, 0.2) is 0 Å². The van der Waals surface area contributed by atoms with Crippen molar-refractivity contribution in [3.05, 3.63) is 72.8 Å². The van der Waals surface area contributed by atoms with E-state index >= 15 is 0 Å². The van der Waals surface area contributed by atoms with E-state index in [-0.39, 0.29) is 11.0 Å². The highest BCUT2D eigenvalue weighted by atomic mass is 28.4. The number of benzene rings is 2. The quantitative estimate of drug-likeness (QED) is 0.319. The molecule has 0 unspecified atom stereocenters. The summed E-state index contributed by atoms with van der Waals surface area (Å²) < 4.78 is 12.1. The molecular weight excluding hydrogens is 388 g/mol. The zero-order chi connectivity index (χ0) is 22.3. The van der Waals surface area contributed by atoms with Crippen LogP contribution in [0.2, 0.25) is 5.04 Å². The van der Waals surface area contributed by atoms with Crippen molar-refractivity contribution in [3.8, 4) is 0 Å². The van der Waals surface area contributed by atoms with Crippen LogP contribution in [0.25, 0.3) is 0 Å². The predicted molar refractivity (Wildman–Crippen MR) is 128 cm³/mol. The van der Waals surface area contributed by atoms with Crippen LogP contribution < -0.4 is 10.4 Å². The van der Waals surface area contributed by atoms with Gasteiger partial charge in [0, 0.05) is 0 Å². The minimum absolute atomic E-state index is 0.0707. The summed E-state index contributed by atoms with van der Waals surface area (Å²) in [6.45, 7) is 13.4. The SMILES string of the molecule is CCOC(=O)[C@@](C)(/C=C/CO[Si](c1ccccc1)(c1ccccc1)C(C)(C)C)CC. The average molecular weight is 425 g/mol. The second-order valence-corrected chi connectivity index (χ2v) is 13.2. The molecule has 2 aromatic carbocycles. The van der Waals surface area contributed by atoms with Gasteiger partial charge in [-0.2, -0.15) is 0 Å². The Hall–Kier alpha value is -2.17. The lowest BCUT2D eigenvalue weighted by Crippen LogP contribution is -2.66. The zero-order valence-electron chi connectivity index (χ0n) is 19.3. The normalized spacial score (nSPS) is 14.5. The maximum atomic E-state index is 12.4. The lowest BCUT2D eigenvalue weighted by Gasteiger charge is -2.42. The summed E-state index contributed by atoms with van der Waals surface area (Å²) in [5.74, 6) is -0.186. The Kier molecular flexibility index (Phi) is 8.22.